The smallest absolute Gasteiger partial charge is 0.0735 e. The van der Waals surface area contributed by atoms with Gasteiger partial charge in [0.05, 0.1) is 17.5 Å². The Morgan fingerprint density at radius 3 is 3.14 bits per heavy atom. The molecule has 2 N–H and O–H groups in total. The third-order valence-electron chi connectivity index (χ3n) is 3.13. The Balaban J connectivity index is 2.01. The first-order valence-corrected chi connectivity index (χ1v) is 5.12. The highest BCUT2D eigenvalue weighted by Crippen LogP contribution is 2.35. The van der Waals surface area contributed by atoms with Crippen LogP contribution in [0.4, 0.5) is 11.4 Å². The number of hydrogen-bond donors (Lipinski definition) is 2. The van der Waals surface area contributed by atoms with E-state index >= 15 is 0 Å². The quantitative estimate of drug-likeness (QED) is 0.642. The predicted octanol–water partition coefficient (Wildman–Crippen LogP) is 1.05. The summed E-state index contributed by atoms with van der Waals surface area (Å²) in [6.45, 7) is 1.73. The highest BCUT2D eigenvalue weighted by molar-refractivity contribution is 5.73. The van der Waals surface area contributed by atoms with E-state index in [1.54, 1.807) is 0 Å². The lowest BCUT2D eigenvalue weighted by atomic mass is 10.1. The monoisotopic (exact) mass is 190 g/mol. The summed E-state index contributed by atoms with van der Waals surface area (Å²) in [6.07, 6.45) is 0.731. The molecule has 2 atom stereocenters. The molecule has 1 aromatic carbocycles. The molecule has 14 heavy (non-hydrogen) atoms. The van der Waals surface area contributed by atoms with Crippen molar-refractivity contribution in [1.29, 1.82) is 0 Å². The topological polar surface area (TPSA) is 35.5 Å². The first-order chi connectivity index (χ1) is 6.84. The molecule has 0 aromatic heterocycles. The summed E-state index contributed by atoms with van der Waals surface area (Å²) in [7, 11) is 0. The van der Waals surface area contributed by atoms with Crippen molar-refractivity contribution in [2.75, 3.05) is 23.3 Å². The zero-order valence-corrected chi connectivity index (χ0v) is 7.98. The lowest BCUT2D eigenvalue weighted by molar-refractivity contribution is 0.195. The van der Waals surface area contributed by atoms with Crippen molar-refractivity contribution in [2.24, 2.45) is 0 Å². The predicted molar refractivity (Wildman–Crippen MR) is 56.7 cm³/mol. The fourth-order valence-electron chi connectivity index (χ4n) is 2.48. The van der Waals surface area contributed by atoms with Gasteiger partial charge in [0.2, 0.25) is 0 Å². The number of anilines is 2. The molecular formula is C11H14N2O. The normalized spacial score (nSPS) is 29.4. The molecule has 2 heterocycles. The number of rotatable bonds is 0. The maximum Gasteiger partial charge on any atom is 0.0735 e. The van der Waals surface area contributed by atoms with Gasteiger partial charge in [-0.2, -0.15) is 0 Å². The molecule has 1 saturated heterocycles. The fraction of sp³-hybridized carbons (Fsp3) is 0.455. The van der Waals surface area contributed by atoms with E-state index in [4.69, 9.17) is 0 Å². The van der Waals surface area contributed by atoms with E-state index in [1.807, 2.05) is 12.1 Å². The summed E-state index contributed by atoms with van der Waals surface area (Å²) in [6, 6.07) is 8.77. The summed E-state index contributed by atoms with van der Waals surface area (Å²) < 4.78 is 0. The summed E-state index contributed by atoms with van der Waals surface area (Å²) in [5.74, 6) is 0. The van der Waals surface area contributed by atoms with E-state index in [-0.39, 0.29) is 6.10 Å². The zero-order valence-electron chi connectivity index (χ0n) is 7.98. The minimum Gasteiger partial charge on any atom is -0.391 e. The van der Waals surface area contributed by atoms with E-state index in [1.165, 1.54) is 11.4 Å². The van der Waals surface area contributed by atoms with Gasteiger partial charge in [-0.05, 0) is 18.6 Å². The van der Waals surface area contributed by atoms with Gasteiger partial charge < -0.3 is 15.3 Å². The van der Waals surface area contributed by atoms with Crippen LogP contribution in [-0.4, -0.2) is 30.3 Å². The Labute approximate surface area is 83.3 Å². The van der Waals surface area contributed by atoms with E-state index in [9.17, 15) is 5.11 Å². The van der Waals surface area contributed by atoms with Gasteiger partial charge in [0, 0.05) is 19.1 Å². The van der Waals surface area contributed by atoms with Crippen LogP contribution in [0.25, 0.3) is 0 Å². The van der Waals surface area contributed by atoms with E-state index in [2.05, 4.69) is 22.3 Å². The van der Waals surface area contributed by atoms with Crippen LogP contribution in [0.3, 0.4) is 0 Å². The molecule has 2 aliphatic heterocycles. The van der Waals surface area contributed by atoms with Gasteiger partial charge in [0.1, 0.15) is 0 Å². The number of nitrogens with zero attached hydrogens (tertiary/aromatic N) is 1. The number of para-hydroxylation sites is 2. The van der Waals surface area contributed by atoms with Gasteiger partial charge in [-0.3, -0.25) is 0 Å². The van der Waals surface area contributed by atoms with Crippen LogP contribution in [0.1, 0.15) is 6.42 Å². The SMILES string of the molecule is O[C@H]1C[C@@H]2CNc3ccccc3N2C1. The minimum atomic E-state index is -0.159. The van der Waals surface area contributed by atoms with Crippen LogP contribution in [0, 0.1) is 0 Å². The van der Waals surface area contributed by atoms with Crippen molar-refractivity contribution in [1.82, 2.24) is 0 Å². The number of aliphatic hydroxyl groups is 1. The molecule has 0 saturated carbocycles. The molecule has 1 fully saturated rings. The van der Waals surface area contributed by atoms with Crippen molar-refractivity contribution in [3.8, 4) is 0 Å². The molecule has 3 heteroatoms. The molecule has 0 amide bonds. The highest BCUT2D eigenvalue weighted by atomic mass is 16.3. The van der Waals surface area contributed by atoms with Gasteiger partial charge in [-0.25, -0.2) is 0 Å². The molecule has 0 spiro atoms. The molecule has 3 nitrogen and oxygen atoms in total. The largest absolute Gasteiger partial charge is 0.391 e. The number of benzene rings is 1. The van der Waals surface area contributed by atoms with Gasteiger partial charge in [-0.1, -0.05) is 12.1 Å². The van der Waals surface area contributed by atoms with E-state index < -0.39 is 0 Å². The second-order valence-electron chi connectivity index (χ2n) is 4.09. The molecule has 74 valence electrons. The van der Waals surface area contributed by atoms with Crippen LogP contribution in [-0.2, 0) is 0 Å². The Morgan fingerprint density at radius 2 is 2.21 bits per heavy atom. The zero-order chi connectivity index (χ0) is 9.54. The van der Waals surface area contributed by atoms with Crippen LogP contribution in [0.5, 0.6) is 0 Å². The van der Waals surface area contributed by atoms with Crippen molar-refractivity contribution < 1.29 is 5.11 Å². The second kappa shape index (κ2) is 2.89. The van der Waals surface area contributed by atoms with Crippen molar-refractivity contribution in [3.05, 3.63) is 24.3 Å². The first kappa shape index (κ1) is 8.12. The third-order valence-corrected chi connectivity index (χ3v) is 3.13. The van der Waals surface area contributed by atoms with Crippen molar-refractivity contribution in [3.63, 3.8) is 0 Å². The summed E-state index contributed by atoms with van der Waals surface area (Å²) in [5, 5.41) is 13.0. The standard InChI is InChI=1S/C11H14N2O/c14-9-5-8-6-12-10-3-1-2-4-11(10)13(8)7-9/h1-4,8-9,12,14H,5-7H2/t8-,9+/m1/s1. The number of nitrogens with one attached hydrogen (secondary N) is 1. The maximum atomic E-state index is 9.62. The van der Waals surface area contributed by atoms with E-state index in [0.29, 0.717) is 6.04 Å². The lowest BCUT2D eigenvalue weighted by Crippen LogP contribution is -2.39. The fourth-order valence-corrected chi connectivity index (χ4v) is 2.48. The van der Waals surface area contributed by atoms with Crippen LogP contribution < -0.4 is 10.2 Å². The van der Waals surface area contributed by atoms with Crippen molar-refractivity contribution >= 4 is 11.4 Å². The third kappa shape index (κ3) is 1.09. The number of fused-ring (bicyclic) bond motifs is 3. The highest BCUT2D eigenvalue weighted by Gasteiger charge is 2.34. The maximum absolute atomic E-state index is 9.62. The van der Waals surface area contributed by atoms with Gasteiger partial charge in [-0.15, -0.1) is 0 Å². The molecule has 1 aromatic rings. The molecule has 3 rings (SSSR count). The minimum absolute atomic E-state index is 0.159. The second-order valence-corrected chi connectivity index (χ2v) is 4.09. The average molecular weight is 190 g/mol. The summed E-state index contributed by atoms with van der Waals surface area (Å²) >= 11 is 0. The Hall–Kier alpha value is -1.22. The Kier molecular flexibility index (Phi) is 1.67. The van der Waals surface area contributed by atoms with Crippen LogP contribution >= 0.6 is 0 Å². The first-order valence-electron chi connectivity index (χ1n) is 5.12. The molecule has 0 aliphatic carbocycles. The number of aliphatic hydroxyl groups excluding tert-OH is 1. The molecule has 2 aliphatic rings. The molecular weight excluding hydrogens is 176 g/mol. The number of hydrogen-bond acceptors (Lipinski definition) is 3. The van der Waals surface area contributed by atoms with Crippen molar-refractivity contribution in [2.45, 2.75) is 18.6 Å². The molecule has 0 radical (unpaired) electrons. The van der Waals surface area contributed by atoms with Gasteiger partial charge >= 0.3 is 0 Å². The van der Waals surface area contributed by atoms with Crippen LogP contribution in [0.2, 0.25) is 0 Å². The van der Waals surface area contributed by atoms with Gasteiger partial charge in [0.15, 0.2) is 0 Å². The van der Waals surface area contributed by atoms with Gasteiger partial charge in [0.25, 0.3) is 0 Å². The summed E-state index contributed by atoms with van der Waals surface area (Å²) in [5.41, 5.74) is 2.43. The Morgan fingerprint density at radius 1 is 1.36 bits per heavy atom. The molecule has 0 bridgehead atoms. The molecule has 0 unspecified atom stereocenters. The van der Waals surface area contributed by atoms with Crippen LogP contribution in [0.15, 0.2) is 24.3 Å². The average Bonchev–Trinajstić information content (AvgIpc) is 2.59. The van der Waals surface area contributed by atoms with E-state index in [0.717, 1.165) is 19.5 Å². The summed E-state index contributed by atoms with van der Waals surface area (Å²) in [4.78, 5) is 2.32. The lowest BCUT2D eigenvalue weighted by Gasteiger charge is -2.34. The Bertz CT molecular complexity index is 353.